The highest BCUT2D eigenvalue weighted by Gasteiger charge is 2.56. The van der Waals surface area contributed by atoms with E-state index in [9.17, 15) is 4.79 Å². The molecule has 1 spiro atoms. The topological polar surface area (TPSA) is 29.5 Å². The lowest BCUT2D eigenvalue weighted by molar-refractivity contribution is -0.134. The van der Waals surface area contributed by atoms with E-state index in [2.05, 4.69) is 12.2 Å². The summed E-state index contributed by atoms with van der Waals surface area (Å²) in [4.78, 5) is 13.9. The van der Waals surface area contributed by atoms with Crippen molar-refractivity contribution >= 4 is 5.91 Å². The molecule has 3 rings (SSSR count). The second kappa shape index (κ2) is 2.85. The van der Waals surface area contributed by atoms with Gasteiger partial charge in [-0.1, -0.05) is 26.0 Å². The fraction of sp³-hybridized carbons (Fsp3) is 0.750. The summed E-state index contributed by atoms with van der Waals surface area (Å²) < 4.78 is 5.94. The first kappa shape index (κ1) is 9.40. The average molecular weight is 207 g/mol. The first-order chi connectivity index (χ1) is 7.11. The van der Waals surface area contributed by atoms with Crippen molar-refractivity contribution in [3.63, 3.8) is 0 Å². The smallest absolute Gasteiger partial charge is 0.225 e. The van der Waals surface area contributed by atoms with E-state index >= 15 is 0 Å². The predicted molar refractivity (Wildman–Crippen MR) is 56.3 cm³/mol. The second-order valence-corrected chi connectivity index (χ2v) is 5.28. The molecule has 82 valence electrons. The van der Waals surface area contributed by atoms with Gasteiger partial charge in [0, 0.05) is 18.4 Å². The molecular weight excluding hydrogens is 190 g/mol. The Hall–Kier alpha value is -0.830. The van der Waals surface area contributed by atoms with Crippen LogP contribution in [0.4, 0.5) is 0 Å². The molecule has 0 aromatic rings. The number of carbonyl (C=O) groups is 1. The molecule has 3 heterocycles. The van der Waals surface area contributed by atoms with E-state index in [0.29, 0.717) is 12.0 Å². The Morgan fingerprint density at radius 3 is 3.00 bits per heavy atom. The molecule has 0 N–H and O–H groups in total. The molecule has 2 fully saturated rings. The van der Waals surface area contributed by atoms with Crippen LogP contribution in [0, 0.1) is 11.8 Å². The quantitative estimate of drug-likeness (QED) is 0.605. The first-order valence-corrected chi connectivity index (χ1v) is 5.77. The van der Waals surface area contributed by atoms with Gasteiger partial charge in [0.1, 0.15) is 5.60 Å². The number of fused-ring (bicyclic) bond motifs is 1. The molecule has 3 nitrogen and oxygen atoms in total. The number of ether oxygens (including phenoxy) is 1. The van der Waals surface area contributed by atoms with Gasteiger partial charge in [-0.25, -0.2) is 0 Å². The Balaban J connectivity index is 1.79. The maximum atomic E-state index is 11.9. The molecule has 1 amide bonds. The third-order valence-electron chi connectivity index (χ3n) is 3.86. The molecule has 0 aromatic heterocycles. The lowest BCUT2D eigenvalue weighted by Crippen LogP contribution is -2.37. The summed E-state index contributed by atoms with van der Waals surface area (Å²) >= 11 is 0. The number of amides is 1. The van der Waals surface area contributed by atoms with Crippen molar-refractivity contribution in [3.05, 3.63) is 12.2 Å². The zero-order chi connectivity index (χ0) is 10.6. The van der Waals surface area contributed by atoms with Crippen LogP contribution >= 0.6 is 0 Å². The Kier molecular flexibility index (Phi) is 1.78. The molecule has 3 heteroatoms. The summed E-state index contributed by atoms with van der Waals surface area (Å²) in [7, 11) is 0. The third kappa shape index (κ3) is 1.19. The van der Waals surface area contributed by atoms with E-state index < -0.39 is 0 Å². The van der Waals surface area contributed by atoms with Crippen LogP contribution in [-0.4, -0.2) is 35.6 Å². The molecule has 15 heavy (non-hydrogen) atoms. The van der Waals surface area contributed by atoms with Crippen molar-refractivity contribution in [1.29, 1.82) is 0 Å². The summed E-state index contributed by atoms with van der Waals surface area (Å²) in [6, 6.07) is 0. The maximum Gasteiger partial charge on any atom is 0.225 e. The minimum atomic E-state index is -0.116. The Morgan fingerprint density at radius 2 is 2.40 bits per heavy atom. The van der Waals surface area contributed by atoms with Gasteiger partial charge in [0.05, 0.1) is 12.6 Å². The normalized spacial score (nSPS) is 41.7. The number of rotatable bonds is 1. The molecule has 0 aliphatic carbocycles. The molecule has 0 saturated carbocycles. The number of hydrogen-bond acceptors (Lipinski definition) is 2. The van der Waals surface area contributed by atoms with Gasteiger partial charge in [-0.2, -0.15) is 0 Å². The van der Waals surface area contributed by atoms with Crippen LogP contribution < -0.4 is 0 Å². The van der Waals surface area contributed by atoms with Crippen LogP contribution in [0.3, 0.4) is 0 Å². The van der Waals surface area contributed by atoms with Crippen LogP contribution in [0.5, 0.6) is 0 Å². The molecule has 3 aliphatic rings. The number of carbonyl (C=O) groups excluding carboxylic acids is 1. The van der Waals surface area contributed by atoms with Crippen molar-refractivity contribution < 1.29 is 9.53 Å². The molecule has 0 radical (unpaired) electrons. The summed E-state index contributed by atoms with van der Waals surface area (Å²) in [6.45, 7) is 5.57. The predicted octanol–water partition coefficient (Wildman–Crippen LogP) is 1.20. The standard InChI is InChI=1S/C12H17NO2/c1-8(2)11(14)13-6-9-5-10-3-4-12(9,7-13)15-10/h3-4,8-10H,5-7H2,1-2H3/t9?,10-,12-/m1/s1. The monoisotopic (exact) mass is 207 g/mol. The highest BCUT2D eigenvalue weighted by atomic mass is 16.5. The molecule has 2 saturated heterocycles. The molecule has 3 atom stereocenters. The minimum absolute atomic E-state index is 0.0985. The van der Waals surface area contributed by atoms with Gasteiger partial charge in [0.25, 0.3) is 0 Å². The Labute approximate surface area is 90.1 Å². The van der Waals surface area contributed by atoms with Gasteiger partial charge in [-0.3, -0.25) is 4.79 Å². The summed E-state index contributed by atoms with van der Waals surface area (Å²) in [5, 5.41) is 0. The van der Waals surface area contributed by atoms with E-state index in [-0.39, 0.29) is 17.4 Å². The number of likely N-dealkylation sites (tertiary alicyclic amines) is 1. The van der Waals surface area contributed by atoms with Crippen molar-refractivity contribution in [2.45, 2.75) is 32.0 Å². The maximum absolute atomic E-state index is 11.9. The van der Waals surface area contributed by atoms with E-state index in [1.165, 1.54) is 0 Å². The van der Waals surface area contributed by atoms with Crippen molar-refractivity contribution in [2.24, 2.45) is 11.8 Å². The van der Waals surface area contributed by atoms with Crippen LogP contribution in [0.1, 0.15) is 20.3 Å². The number of hydrogen-bond donors (Lipinski definition) is 0. The van der Waals surface area contributed by atoms with Crippen LogP contribution in [-0.2, 0) is 9.53 Å². The average Bonchev–Trinajstić information content (AvgIpc) is 2.80. The SMILES string of the molecule is CC(C)C(=O)N1CC2C[C@H]3C=C[C@]2(C1)O3. The van der Waals surface area contributed by atoms with Crippen LogP contribution in [0.2, 0.25) is 0 Å². The summed E-state index contributed by atoms with van der Waals surface area (Å²) in [5.74, 6) is 0.899. The summed E-state index contributed by atoms with van der Waals surface area (Å²) in [6.07, 6.45) is 5.75. The largest absolute Gasteiger partial charge is 0.361 e. The minimum Gasteiger partial charge on any atom is -0.361 e. The molecule has 0 aromatic carbocycles. The van der Waals surface area contributed by atoms with Gasteiger partial charge in [0.2, 0.25) is 5.91 Å². The van der Waals surface area contributed by atoms with Gasteiger partial charge in [0.15, 0.2) is 0 Å². The van der Waals surface area contributed by atoms with Gasteiger partial charge < -0.3 is 9.64 Å². The lowest BCUT2D eigenvalue weighted by atomic mass is 9.86. The number of nitrogens with zero attached hydrogens (tertiary/aromatic N) is 1. The summed E-state index contributed by atoms with van der Waals surface area (Å²) in [5.41, 5.74) is -0.116. The van der Waals surface area contributed by atoms with E-state index in [1.807, 2.05) is 18.7 Å². The molecule has 1 unspecified atom stereocenters. The Bertz CT molecular complexity index is 337. The lowest BCUT2D eigenvalue weighted by Gasteiger charge is -2.23. The third-order valence-corrected chi connectivity index (χ3v) is 3.86. The fourth-order valence-electron chi connectivity index (χ4n) is 3.08. The molecule has 2 bridgehead atoms. The van der Waals surface area contributed by atoms with Crippen molar-refractivity contribution in [1.82, 2.24) is 4.90 Å². The van der Waals surface area contributed by atoms with E-state index in [0.717, 1.165) is 19.5 Å². The first-order valence-electron chi connectivity index (χ1n) is 5.77. The van der Waals surface area contributed by atoms with E-state index in [1.54, 1.807) is 0 Å². The second-order valence-electron chi connectivity index (χ2n) is 5.28. The Morgan fingerprint density at radius 1 is 1.60 bits per heavy atom. The highest BCUT2D eigenvalue weighted by molar-refractivity contribution is 5.78. The highest BCUT2D eigenvalue weighted by Crippen LogP contribution is 2.47. The van der Waals surface area contributed by atoms with Crippen molar-refractivity contribution in [2.75, 3.05) is 13.1 Å². The van der Waals surface area contributed by atoms with Crippen molar-refractivity contribution in [3.8, 4) is 0 Å². The van der Waals surface area contributed by atoms with Crippen LogP contribution in [0.25, 0.3) is 0 Å². The van der Waals surface area contributed by atoms with E-state index in [4.69, 9.17) is 4.74 Å². The molecule has 3 aliphatic heterocycles. The van der Waals surface area contributed by atoms with Crippen LogP contribution in [0.15, 0.2) is 12.2 Å². The zero-order valence-electron chi connectivity index (χ0n) is 9.27. The van der Waals surface area contributed by atoms with Gasteiger partial charge in [-0.05, 0) is 6.42 Å². The zero-order valence-corrected chi connectivity index (χ0v) is 9.27. The fourth-order valence-corrected chi connectivity index (χ4v) is 3.08. The van der Waals surface area contributed by atoms with Gasteiger partial charge >= 0.3 is 0 Å². The van der Waals surface area contributed by atoms with Gasteiger partial charge in [-0.15, -0.1) is 0 Å². The molecular formula is C12H17NO2.